The van der Waals surface area contributed by atoms with E-state index in [1.54, 1.807) is 7.11 Å². The molecule has 2 bridgehead atoms. The van der Waals surface area contributed by atoms with Crippen LogP contribution in [-0.4, -0.2) is 31.2 Å². The van der Waals surface area contributed by atoms with E-state index in [1.807, 2.05) is 0 Å². The molecule has 3 aliphatic rings. The van der Waals surface area contributed by atoms with Crippen molar-refractivity contribution in [2.24, 2.45) is 23.5 Å². The standard InChI is InChI=1S/C14H24N2O2/c1-18-11-5-4-10(7-11)16-14(17)12-8-2-3-9(6-8)13(12)15/h8-13H,2-7,15H2,1H3,(H,16,17). The van der Waals surface area contributed by atoms with Crippen molar-refractivity contribution in [3.63, 3.8) is 0 Å². The van der Waals surface area contributed by atoms with Gasteiger partial charge in [0.15, 0.2) is 0 Å². The van der Waals surface area contributed by atoms with Gasteiger partial charge in [0, 0.05) is 19.2 Å². The smallest absolute Gasteiger partial charge is 0.225 e. The Balaban J connectivity index is 1.56. The topological polar surface area (TPSA) is 64.3 Å². The van der Waals surface area contributed by atoms with Crippen LogP contribution in [0.1, 0.15) is 38.5 Å². The zero-order valence-electron chi connectivity index (χ0n) is 11.1. The molecule has 102 valence electrons. The molecule has 3 N–H and O–H groups in total. The highest BCUT2D eigenvalue weighted by Crippen LogP contribution is 2.47. The van der Waals surface area contributed by atoms with E-state index in [2.05, 4.69) is 5.32 Å². The third-order valence-electron chi connectivity index (χ3n) is 5.35. The van der Waals surface area contributed by atoms with Crippen LogP contribution in [0.3, 0.4) is 0 Å². The second kappa shape index (κ2) is 4.82. The van der Waals surface area contributed by atoms with Crippen molar-refractivity contribution >= 4 is 5.91 Å². The maximum Gasteiger partial charge on any atom is 0.225 e. The first-order valence-corrected chi connectivity index (χ1v) is 7.27. The van der Waals surface area contributed by atoms with Gasteiger partial charge in [-0.1, -0.05) is 0 Å². The number of rotatable bonds is 3. The molecular weight excluding hydrogens is 228 g/mol. The molecule has 0 aromatic rings. The predicted molar refractivity (Wildman–Crippen MR) is 68.9 cm³/mol. The summed E-state index contributed by atoms with van der Waals surface area (Å²) < 4.78 is 5.34. The molecular formula is C14H24N2O2. The van der Waals surface area contributed by atoms with Gasteiger partial charge < -0.3 is 15.8 Å². The Labute approximate surface area is 109 Å². The Kier molecular flexibility index (Phi) is 3.32. The average Bonchev–Trinajstić information content (AvgIpc) is 3.03. The number of nitrogens with one attached hydrogen (secondary N) is 1. The number of ether oxygens (including phenoxy) is 1. The quantitative estimate of drug-likeness (QED) is 0.789. The Morgan fingerprint density at radius 1 is 1.17 bits per heavy atom. The minimum atomic E-state index is 0.0744. The van der Waals surface area contributed by atoms with Crippen molar-refractivity contribution < 1.29 is 9.53 Å². The largest absolute Gasteiger partial charge is 0.381 e. The lowest BCUT2D eigenvalue weighted by molar-refractivity contribution is -0.127. The first-order valence-electron chi connectivity index (χ1n) is 7.27. The van der Waals surface area contributed by atoms with Crippen LogP contribution in [0.5, 0.6) is 0 Å². The molecule has 6 unspecified atom stereocenters. The Morgan fingerprint density at radius 2 is 1.94 bits per heavy atom. The Hall–Kier alpha value is -0.610. The summed E-state index contributed by atoms with van der Waals surface area (Å²) in [6, 6.07) is 0.400. The van der Waals surface area contributed by atoms with Gasteiger partial charge in [0.1, 0.15) is 0 Å². The second-order valence-electron chi connectivity index (χ2n) is 6.31. The van der Waals surface area contributed by atoms with Crippen molar-refractivity contribution in [1.29, 1.82) is 0 Å². The van der Waals surface area contributed by atoms with Gasteiger partial charge in [0.05, 0.1) is 12.0 Å². The third kappa shape index (κ3) is 2.05. The van der Waals surface area contributed by atoms with Crippen molar-refractivity contribution in [2.45, 2.75) is 56.7 Å². The lowest BCUT2D eigenvalue weighted by Gasteiger charge is -2.28. The summed E-state index contributed by atoms with van der Waals surface area (Å²) in [6.07, 6.45) is 6.98. The number of carbonyl (C=O) groups excluding carboxylic acids is 1. The van der Waals surface area contributed by atoms with Crippen LogP contribution in [0.25, 0.3) is 0 Å². The van der Waals surface area contributed by atoms with Gasteiger partial charge in [0.25, 0.3) is 0 Å². The zero-order valence-corrected chi connectivity index (χ0v) is 11.1. The van der Waals surface area contributed by atoms with Crippen LogP contribution in [0.2, 0.25) is 0 Å². The Morgan fingerprint density at radius 3 is 2.56 bits per heavy atom. The number of hydrogen-bond acceptors (Lipinski definition) is 3. The van der Waals surface area contributed by atoms with Gasteiger partial charge in [-0.2, -0.15) is 0 Å². The van der Waals surface area contributed by atoms with Crippen molar-refractivity contribution in [1.82, 2.24) is 5.32 Å². The molecule has 0 saturated heterocycles. The van der Waals surface area contributed by atoms with Gasteiger partial charge in [0.2, 0.25) is 5.91 Å². The number of methoxy groups -OCH3 is 1. The molecule has 4 heteroatoms. The summed E-state index contributed by atoms with van der Waals surface area (Å²) in [5, 5.41) is 3.20. The van der Waals surface area contributed by atoms with Crippen LogP contribution < -0.4 is 11.1 Å². The van der Waals surface area contributed by atoms with Crippen LogP contribution in [0.4, 0.5) is 0 Å². The highest BCUT2D eigenvalue weighted by Gasteiger charge is 2.49. The van der Waals surface area contributed by atoms with Crippen molar-refractivity contribution in [3.05, 3.63) is 0 Å². The molecule has 0 aromatic carbocycles. The molecule has 0 spiro atoms. The van der Waals surface area contributed by atoms with Crippen LogP contribution in [-0.2, 0) is 9.53 Å². The van der Waals surface area contributed by atoms with E-state index in [0.29, 0.717) is 24.0 Å². The molecule has 6 atom stereocenters. The van der Waals surface area contributed by atoms with Gasteiger partial charge >= 0.3 is 0 Å². The molecule has 0 heterocycles. The maximum absolute atomic E-state index is 12.4. The summed E-state index contributed by atoms with van der Waals surface area (Å²) >= 11 is 0. The van der Waals surface area contributed by atoms with Crippen molar-refractivity contribution in [3.8, 4) is 0 Å². The van der Waals surface area contributed by atoms with E-state index in [-0.39, 0.29) is 17.9 Å². The van der Waals surface area contributed by atoms with Gasteiger partial charge in [-0.05, 0) is 50.4 Å². The van der Waals surface area contributed by atoms with Gasteiger partial charge in [-0.3, -0.25) is 4.79 Å². The second-order valence-corrected chi connectivity index (χ2v) is 6.31. The molecule has 0 radical (unpaired) electrons. The van der Waals surface area contributed by atoms with Crippen LogP contribution in [0.15, 0.2) is 0 Å². The Bertz CT molecular complexity index is 332. The summed E-state index contributed by atoms with van der Waals surface area (Å²) in [4.78, 5) is 12.4. The SMILES string of the molecule is COC1CCC(NC(=O)C2C3CCC(C3)C2N)C1. The molecule has 3 saturated carbocycles. The van der Waals surface area contributed by atoms with Gasteiger partial charge in [-0.15, -0.1) is 0 Å². The molecule has 4 nitrogen and oxygen atoms in total. The number of amides is 1. The predicted octanol–water partition coefficient (Wildman–Crippen LogP) is 1.04. The molecule has 0 aromatic heterocycles. The minimum absolute atomic E-state index is 0.0744. The number of hydrogen-bond donors (Lipinski definition) is 2. The maximum atomic E-state index is 12.4. The first kappa shape index (κ1) is 12.4. The van der Waals surface area contributed by atoms with E-state index in [4.69, 9.17) is 10.5 Å². The minimum Gasteiger partial charge on any atom is -0.381 e. The van der Waals surface area contributed by atoms with E-state index in [9.17, 15) is 4.79 Å². The van der Waals surface area contributed by atoms with Crippen LogP contribution in [0, 0.1) is 17.8 Å². The van der Waals surface area contributed by atoms with E-state index in [0.717, 1.165) is 19.3 Å². The molecule has 0 aliphatic heterocycles. The van der Waals surface area contributed by atoms with E-state index in [1.165, 1.54) is 19.3 Å². The summed E-state index contributed by atoms with van der Waals surface area (Å²) in [5.74, 6) is 1.42. The summed E-state index contributed by atoms with van der Waals surface area (Å²) in [7, 11) is 1.75. The number of fused-ring (bicyclic) bond motifs is 2. The highest BCUT2D eigenvalue weighted by atomic mass is 16.5. The van der Waals surface area contributed by atoms with Crippen LogP contribution >= 0.6 is 0 Å². The van der Waals surface area contributed by atoms with E-state index < -0.39 is 0 Å². The number of nitrogens with two attached hydrogens (primary N) is 1. The average molecular weight is 252 g/mol. The molecule has 3 aliphatic carbocycles. The fourth-order valence-electron chi connectivity index (χ4n) is 4.31. The normalized spacial score (nSPS) is 46.6. The third-order valence-corrected chi connectivity index (χ3v) is 5.35. The first-order chi connectivity index (χ1) is 8.69. The molecule has 3 fully saturated rings. The summed E-state index contributed by atoms with van der Waals surface area (Å²) in [5.41, 5.74) is 6.21. The van der Waals surface area contributed by atoms with Gasteiger partial charge in [-0.25, -0.2) is 0 Å². The fraction of sp³-hybridized carbons (Fsp3) is 0.929. The molecule has 1 amide bonds. The van der Waals surface area contributed by atoms with Crippen molar-refractivity contribution in [2.75, 3.05) is 7.11 Å². The zero-order chi connectivity index (χ0) is 12.7. The summed E-state index contributed by atoms with van der Waals surface area (Å²) in [6.45, 7) is 0. The molecule has 18 heavy (non-hydrogen) atoms. The highest BCUT2D eigenvalue weighted by molar-refractivity contribution is 5.80. The monoisotopic (exact) mass is 252 g/mol. The number of carbonyl (C=O) groups is 1. The molecule has 3 rings (SSSR count). The van der Waals surface area contributed by atoms with E-state index >= 15 is 0 Å². The lowest BCUT2D eigenvalue weighted by Crippen LogP contribution is -2.47. The lowest BCUT2D eigenvalue weighted by atomic mass is 9.84. The fourth-order valence-corrected chi connectivity index (χ4v) is 4.31.